The number of rotatable bonds is 9. The zero-order chi connectivity index (χ0) is 29.5. The van der Waals surface area contributed by atoms with Crippen LogP contribution in [-0.4, -0.2) is 28.5 Å². The van der Waals surface area contributed by atoms with Crippen LogP contribution in [0, 0.1) is 6.92 Å². The Morgan fingerprint density at radius 1 is 0.881 bits per heavy atom. The van der Waals surface area contributed by atoms with Crippen molar-refractivity contribution in [3.8, 4) is 0 Å². The Bertz CT molecular complexity index is 1780. The number of benzene rings is 4. The highest BCUT2D eigenvalue weighted by Gasteiger charge is 2.16. The predicted molar refractivity (Wildman–Crippen MR) is 171 cm³/mol. The van der Waals surface area contributed by atoms with Gasteiger partial charge in [0, 0.05) is 49.5 Å². The van der Waals surface area contributed by atoms with Gasteiger partial charge in [-0.25, -0.2) is 0 Å². The van der Waals surface area contributed by atoms with Crippen LogP contribution in [0.25, 0.3) is 17.0 Å². The largest absolute Gasteiger partial charge is 0.361 e. The summed E-state index contributed by atoms with van der Waals surface area (Å²) >= 11 is 7.41. The first kappa shape index (κ1) is 28.7. The number of nitrogens with one attached hydrogen (secondary N) is 4. The summed E-state index contributed by atoms with van der Waals surface area (Å²) < 4.78 is 0. The van der Waals surface area contributed by atoms with E-state index in [1.807, 2.05) is 55.5 Å². The molecule has 0 atom stereocenters. The number of aromatic nitrogens is 1. The molecule has 210 valence electrons. The van der Waals surface area contributed by atoms with Crippen molar-refractivity contribution in [2.45, 2.75) is 11.8 Å². The second-order valence-corrected chi connectivity index (χ2v) is 10.9. The normalized spacial score (nSPS) is 11.2. The quantitative estimate of drug-likeness (QED) is 0.106. The summed E-state index contributed by atoms with van der Waals surface area (Å²) in [6.07, 6.45) is 3.45. The van der Waals surface area contributed by atoms with Crippen LogP contribution < -0.4 is 16.0 Å². The minimum Gasteiger partial charge on any atom is -0.361 e. The molecule has 42 heavy (non-hydrogen) atoms. The van der Waals surface area contributed by atoms with Gasteiger partial charge < -0.3 is 20.9 Å². The number of anilines is 2. The average Bonchev–Trinajstić information content (AvgIpc) is 3.41. The third kappa shape index (κ3) is 7.28. The maximum absolute atomic E-state index is 13.4. The van der Waals surface area contributed by atoms with E-state index in [0.29, 0.717) is 22.0 Å². The van der Waals surface area contributed by atoms with Crippen LogP contribution in [0.5, 0.6) is 0 Å². The molecular weight excluding hydrogens is 568 g/mol. The zero-order valence-corrected chi connectivity index (χ0v) is 24.2. The molecule has 0 fully saturated rings. The van der Waals surface area contributed by atoms with Gasteiger partial charge in [0.05, 0.1) is 5.75 Å². The number of aromatic amines is 1. The summed E-state index contributed by atoms with van der Waals surface area (Å²) in [6, 6.07) is 28.9. The molecule has 0 radical (unpaired) electrons. The molecule has 4 aromatic carbocycles. The molecule has 1 heterocycles. The predicted octanol–water partition coefficient (Wildman–Crippen LogP) is 7.27. The Labute approximate surface area is 252 Å². The standard InChI is InChI=1S/C33H27ClN4O3S/c1-21-11-12-24(34)18-29(21)37-31(39)20-42-26-15-13-25(14-16-26)36-33(41)30(38-32(40)22-7-3-2-4-8-22)17-23-19-35-28-10-6-5-9-27(23)28/h2-19,35H,20H2,1H3,(H,36,41)(H,37,39)(H,38,40). The van der Waals surface area contributed by atoms with Crippen molar-refractivity contribution < 1.29 is 14.4 Å². The molecule has 5 aromatic rings. The number of aryl methyl sites for hydroxylation is 1. The number of thioether (sulfide) groups is 1. The van der Waals surface area contributed by atoms with Gasteiger partial charge in [0.15, 0.2) is 0 Å². The number of halogens is 1. The summed E-state index contributed by atoms with van der Waals surface area (Å²) in [4.78, 5) is 42.8. The molecule has 0 bridgehead atoms. The molecular formula is C33H27ClN4O3S. The van der Waals surface area contributed by atoms with Crippen LogP contribution in [0.4, 0.5) is 11.4 Å². The first-order valence-electron chi connectivity index (χ1n) is 13.1. The lowest BCUT2D eigenvalue weighted by Crippen LogP contribution is -2.30. The molecule has 5 rings (SSSR count). The third-order valence-electron chi connectivity index (χ3n) is 6.41. The van der Waals surface area contributed by atoms with Gasteiger partial charge in [-0.05, 0) is 73.2 Å². The van der Waals surface area contributed by atoms with Crippen molar-refractivity contribution in [1.82, 2.24) is 10.3 Å². The van der Waals surface area contributed by atoms with Crippen LogP contribution >= 0.6 is 23.4 Å². The van der Waals surface area contributed by atoms with Crippen LogP contribution in [0.3, 0.4) is 0 Å². The topological polar surface area (TPSA) is 103 Å². The highest BCUT2D eigenvalue weighted by Crippen LogP contribution is 2.24. The highest BCUT2D eigenvalue weighted by atomic mass is 35.5. The van der Waals surface area contributed by atoms with Crippen molar-refractivity contribution in [2.24, 2.45) is 0 Å². The highest BCUT2D eigenvalue weighted by molar-refractivity contribution is 8.00. The first-order chi connectivity index (χ1) is 20.4. The van der Waals surface area contributed by atoms with Crippen LogP contribution in [0.15, 0.2) is 114 Å². The molecule has 1 aromatic heterocycles. The van der Waals surface area contributed by atoms with Gasteiger partial charge in [-0.2, -0.15) is 0 Å². The van der Waals surface area contributed by atoms with Gasteiger partial charge in [0.1, 0.15) is 5.70 Å². The molecule has 0 unspecified atom stereocenters. The fraction of sp³-hybridized carbons (Fsp3) is 0.0606. The zero-order valence-electron chi connectivity index (χ0n) is 22.6. The summed E-state index contributed by atoms with van der Waals surface area (Å²) in [6.45, 7) is 1.90. The van der Waals surface area contributed by atoms with Gasteiger partial charge in [0.2, 0.25) is 5.91 Å². The minimum absolute atomic E-state index is 0.0973. The number of carbonyl (C=O) groups is 3. The van der Waals surface area contributed by atoms with Gasteiger partial charge in [-0.3, -0.25) is 14.4 Å². The Balaban J connectivity index is 1.27. The summed E-state index contributed by atoms with van der Waals surface area (Å²) in [5.41, 5.74) is 4.37. The molecule has 0 aliphatic carbocycles. The smallest absolute Gasteiger partial charge is 0.272 e. The van der Waals surface area contributed by atoms with E-state index in [2.05, 4.69) is 20.9 Å². The molecule has 0 aliphatic rings. The Kier molecular flexibility index (Phi) is 9.06. The van der Waals surface area contributed by atoms with E-state index in [4.69, 9.17) is 11.6 Å². The molecule has 3 amide bonds. The number of carbonyl (C=O) groups excluding carboxylic acids is 3. The van der Waals surface area contributed by atoms with E-state index in [1.165, 1.54) is 11.8 Å². The van der Waals surface area contributed by atoms with Crippen molar-refractivity contribution in [3.05, 3.63) is 131 Å². The Morgan fingerprint density at radius 2 is 1.62 bits per heavy atom. The lowest BCUT2D eigenvalue weighted by Gasteiger charge is -2.12. The van der Waals surface area contributed by atoms with Crippen LogP contribution in [0.1, 0.15) is 21.5 Å². The monoisotopic (exact) mass is 594 g/mol. The number of hydrogen-bond acceptors (Lipinski definition) is 4. The molecule has 0 spiro atoms. The Hall–Kier alpha value is -4.79. The molecule has 0 saturated heterocycles. The van der Waals surface area contributed by atoms with E-state index < -0.39 is 11.8 Å². The van der Waals surface area contributed by atoms with Gasteiger partial charge >= 0.3 is 0 Å². The SMILES string of the molecule is Cc1ccc(Cl)cc1NC(=O)CSc1ccc(NC(=O)C(=Cc2c[nH]c3ccccc23)NC(=O)c2ccccc2)cc1. The van der Waals surface area contributed by atoms with Crippen molar-refractivity contribution in [1.29, 1.82) is 0 Å². The number of hydrogen-bond donors (Lipinski definition) is 4. The number of H-pyrrole nitrogens is 1. The van der Waals surface area contributed by atoms with E-state index >= 15 is 0 Å². The second-order valence-electron chi connectivity index (χ2n) is 9.44. The van der Waals surface area contributed by atoms with Gasteiger partial charge in [-0.15, -0.1) is 11.8 Å². The van der Waals surface area contributed by atoms with E-state index in [0.717, 1.165) is 26.9 Å². The van der Waals surface area contributed by atoms with Gasteiger partial charge in [-0.1, -0.05) is 54.1 Å². The van der Waals surface area contributed by atoms with Crippen LogP contribution in [-0.2, 0) is 9.59 Å². The van der Waals surface area contributed by atoms with Crippen molar-refractivity contribution in [2.75, 3.05) is 16.4 Å². The van der Waals surface area contributed by atoms with Crippen molar-refractivity contribution in [3.63, 3.8) is 0 Å². The molecule has 7 nitrogen and oxygen atoms in total. The summed E-state index contributed by atoms with van der Waals surface area (Å²) in [5.74, 6) is -0.805. The number of fused-ring (bicyclic) bond motifs is 1. The number of para-hydroxylation sites is 1. The average molecular weight is 595 g/mol. The maximum atomic E-state index is 13.4. The maximum Gasteiger partial charge on any atom is 0.272 e. The summed E-state index contributed by atoms with van der Waals surface area (Å²) in [5, 5.41) is 9.99. The molecule has 9 heteroatoms. The molecule has 4 N–H and O–H groups in total. The molecule has 0 saturated carbocycles. The minimum atomic E-state index is -0.471. The van der Waals surface area contributed by atoms with Crippen molar-refractivity contribution >= 4 is 69.4 Å². The van der Waals surface area contributed by atoms with E-state index in [1.54, 1.807) is 60.8 Å². The first-order valence-corrected chi connectivity index (χ1v) is 14.5. The van der Waals surface area contributed by atoms with Crippen LogP contribution in [0.2, 0.25) is 5.02 Å². The summed E-state index contributed by atoms with van der Waals surface area (Å²) in [7, 11) is 0. The number of amides is 3. The lowest BCUT2D eigenvalue weighted by atomic mass is 10.1. The fourth-order valence-electron chi connectivity index (χ4n) is 4.21. The lowest BCUT2D eigenvalue weighted by molar-refractivity contribution is -0.114. The second kappa shape index (κ2) is 13.2. The Morgan fingerprint density at radius 3 is 2.40 bits per heavy atom. The van der Waals surface area contributed by atoms with E-state index in [-0.39, 0.29) is 17.4 Å². The van der Waals surface area contributed by atoms with Gasteiger partial charge in [0.25, 0.3) is 11.8 Å². The fourth-order valence-corrected chi connectivity index (χ4v) is 5.08. The van der Waals surface area contributed by atoms with E-state index in [9.17, 15) is 14.4 Å². The third-order valence-corrected chi connectivity index (χ3v) is 7.65. The molecule has 0 aliphatic heterocycles.